The molecule has 2 atom stereocenters. The summed E-state index contributed by atoms with van der Waals surface area (Å²) in [5.41, 5.74) is 2.49. The van der Waals surface area contributed by atoms with Crippen LogP contribution in [0.1, 0.15) is 23.5 Å². The maximum Gasteiger partial charge on any atom is 0.269 e. The number of nitrogens with one attached hydrogen (secondary N) is 1. The van der Waals surface area contributed by atoms with Gasteiger partial charge in [-0.25, -0.2) is 0 Å². The van der Waals surface area contributed by atoms with Crippen LogP contribution in [-0.4, -0.2) is 22.1 Å². The summed E-state index contributed by atoms with van der Waals surface area (Å²) in [4.78, 5) is 17.1. The van der Waals surface area contributed by atoms with Gasteiger partial charge in [-0.3, -0.25) is 15.1 Å². The summed E-state index contributed by atoms with van der Waals surface area (Å²) in [5.74, 6) is 2.04. The molecule has 5 rings (SSSR count). The fourth-order valence-electron chi connectivity index (χ4n) is 4.08. The Morgan fingerprint density at radius 3 is 2.47 bits per heavy atom. The third-order valence-corrected chi connectivity index (χ3v) is 6.04. The van der Waals surface area contributed by atoms with E-state index < -0.39 is 4.92 Å². The molecule has 0 bridgehead atoms. The molecule has 0 aliphatic carbocycles. The normalized spacial score (nSPS) is 17.4. The number of nitro groups is 1. The van der Waals surface area contributed by atoms with E-state index in [9.17, 15) is 10.1 Å². The predicted octanol–water partition coefficient (Wildman–Crippen LogP) is 5.44. The minimum Gasteiger partial charge on any atom is -0.497 e. The van der Waals surface area contributed by atoms with Gasteiger partial charge in [-0.1, -0.05) is 6.07 Å². The van der Waals surface area contributed by atoms with Crippen molar-refractivity contribution in [3.8, 4) is 17.1 Å². The van der Waals surface area contributed by atoms with Gasteiger partial charge in [0.1, 0.15) is 23.3 Å². The Labute approximate surface area is 201 Å². The first-order valence-electron chi connectivity index (χ1n) is 10.5. The molecule has 2 aromatic carbocycles. The number of benzene rings is 2. The highest BCUT2D eigenvalue weighted by Gasteiger charge is 2.42. The van der Waals surface area contributed by atoms with Crippen molar-refractivity contribution in [3.05, 3.63) is 107 Å². The molecule has 4 aromatic rings. The number of nitrogens with zero attached hydrogens (tertiary/aromatic N) is 3. The number of hydrogen-bond acceptors (Lipinski definition) is 6. The zero-order valence-electron chi connectivity index (χ0n) is 18.1. The molecular weight excluding hydrogens is 452 g/mol. The first-order valence-corrected chi connectivity index (χ1v) is 11.0. The Bertz CT molecular complexity index is 1320. The van der Waals surface area contributed by atoms with E-state index in [-0.39, 0.29) is 17.8 Å². The summed E-state index contributed by atoms with van der Waals surface area (Å²) in [5, 5.41) is 14.9. The van der Waals surface area contributed by atoms with Crippen molar-refractivity contribution in [1.82, 2.24) is 10.3 Å². The lowest BCUT2D eigenvalue weighted by atomic mass is 10.0. The number of thiocarbonyl (C=S) groups is 1. The summed E-state index contributed by atoms with van der Waals surface area (Å²) in [6.07, 6.45) is 1.75. The van der Waals surface area contributed by atoms with Gasteiger partial charge in [-0.2, -0.15) is 0 Å². The van der Waals surface area contributed by atoms with Gasteiger partial charge < -0.3 is 19.4 Å². The Hall–Kier alpha value is -4.24. The van der Waals surface area contributed by atoms with Gasteiger partial charge in [0.05, 0.1) is 23.8 Å². The fourth-order valence-corrected chi connectivity index (χ4v) is 4.43. The maximum atomic E-state index is 11.0. The van der Waals surface area contributed by atoms with Crippen LogP contribution in [0, 0.1) is 10.1 Å². The number of ether oxygens (including phenoxy) is 1. The number of methoxy groups -OCH3 is 1. The van der Waals surface area contributed by atoms with Gasteiger partial charge in [-0.05, 0) is 72.9 Å². The van der Waals surface area contributed by atoms with Gasteiger partial charge in [0.2, 0.25) is 0 Å². The van der Waals surface area contributed by atoms with Crippen molar-refractivity contribution in [2.24, 2.45) is 0 Å². The number of rotatable bonds is 6. The molecule has 1 fully saturated rings. The number of aromatic nitrogens is 1. The minimum atomic E-state index is -0.424. The average molecular weight is 473 g/mol. The second-order valence-corrected chi connectivity index (χ2v) is 8.09. The molecular formula is C25H20N4O4S. The molecule has 3 heterocycles. The van der Waals surface area contributed by atoms with Gasteiger partial charge in [0, 0.05) is 29.6 Å². The van der Waals surface area contributed by atoms with Crippen LogP contribution in [0.4, 0.5) is 11.4 Å². The van der Waals surface area contributed by atoms with Crippen LogP contribution in [-0.2, 0) is 0 Å². The molecule has 0 saturated carbocycles. The molecule has 1 aliphatic heterocycles. The molecule has 1 N–H and O–H groups in total. The van der Waals surface area contributed by atoms with Crippen LogP contribution < -0.4 is 15.0 Å². The Balaban J connectivity index is 1.55. The summed E-state index contributed by atoms with van der Waals surface area (Å²) >= 11 is 5.73. The van der Waals surface area contributed by atoms with E-state index in [4.69, 9.17) is 21.4 Å². The number of furan rings is 1. The van der Waals surface area contributed by atoms with E-state index in [1.165, 1.54) is 12.1 Å². The molecule has 0 unspecified atom stereocenters. The van der Waals surface area contributed by atoms with Crippen molar-refractivity contribution in [2.75, 3.05) is 12.0 Å². The van der Waals surface area contributed by atoms with Crippen LogP contribution in [0.5, 0.6) is 5.75 Å². The van der Waals surface area contributed by atoms with Gasteiger partial charge in [0.15, 0.2) is 5.11 Å². The smallest absolute Gasteiger partial charge is 0.269 e. The van der Waals surface area contributed by atoms with Crippen LogP contribution in [0.3, 0.4) is 0 Å². The Morgan fingerprint density at radius 1 is 1.06 bits per heavy atom. The van der Waals surface area contributed by atoms with E-state index in [1.807, 2.05) is 59.5 Å². The van der Waals surface area contributed by atoms with Crippen LogP contribution in [0.25, 0.3) is 11.3 Å². The first-order chi connectivity index (χ1) is 16.5. The van der Waals surface area contributed by atoms with Gasteiger partial charge in [0.25, 0.3) is 5.69 Å². The standard InChI is InChI=1S/C25H20N4O4S/c1-32-19-11-9-17(10-12-19)28-24(23(27-25(28)34)20-4-2-3-15-26-20)22-14-13-21(33-22)16-5-7-18(8-6-16)29(30)31/h2-15,23-24H,1H3,(H,27,34)/t23-,24-/m0/s1. The molecule has 0 radical (unpaired) electrons. The van der Waals surface area contributed by atoms with Crippen molar-refractivity contribution in [2.45, 2.75) is 12.1 Å². The highest BCUT2D eigenvalue weighted by Crippen LogP contribution is 2.43. The van der Waals surface area contributed by atoms with Gasteiger partial charge in [-0.15, -0.1) is 0 Å². The number of non-ortho nitro benzene ring substituents is 1. The minimum absolute atomic E-state index is 0.0294. The molecule has 1 saturated heterocycles. The predicted molar refractivity (Wildman–Crippen MR) is 132 cm³/mol. The van der Waals surface area contributed by atoms with Gasteiger partial charge >= 0.3 is 0 Å². The molecule has 34 heavy (non-hydrogen) atoms. The molecule has 0 amide bonds. The highest BCUT2D eigenvalue weighted by molar-refractivity contribution is 7.80. The van der Waals surface area contributed by atoms with Crippen molar-refractivity contribution in [1.29, 1.82) is 0 Å². The quantitative estimate of drug-likeness (QED) is 0.225. The van der Waals surface area contributed by atoms with E-state index in [1.54, 1.807) is 25.4 Å². The lowest BCUT2D eigenvalue weighted by molar-refractivity contribution is -0.384. The van der Waals surface area contributed by atoms with E-state index in [0.29, 0.717) is 16.6 Å². The summed E-state index contributed by atoms with van der Waals surface area (Å²) in [6, 6.07) is 22.9. The molecule has 2 aromatic heterocycles. The lowest BCUT2D eigenvalue weighted by Crippen LogP contribution is -2.29. The molecule has 0 spiro atoms. The highest BCUT2D eigenvalue weighted by atomic mass is 32.1. The second-order valence-electron chi connectivity index (χ2n) is 7.70. The largest absolute Gasteiger partial charge is 0.497 e. The third-order valence-electron chi connectivity index (χ3n) is 5.73. The topological polar surface area (TPSA) is 93.7 Å². The van der Waals surface area contributed by atoms with Crippen LogP contribution in [0.2, 0.25) is 0 Å². The number of pyridine rings is 1. The lowest BCUT2D eigenvalue weighted by Gasteiger charge is -2.26. The van der Waals surface area contributed by atoms with E-state index >= 15 is 0 Å². The Kier molecular flexibility index (Phi) is 5.69. The number of hydrogen-bond donors (Lipinski definition) is 1. The number of nitro benzene ring substituents is 1. The zero-order valence-corrected chi connectivity index (χ0v) is 18.9. The summed E-state index contributed by atoms with van der Waals surface area (Å²) in [6.45, 7) is 0. The molecule has 170 valence electrons. The maximum absolute atomic E-state index is 11.0. The fraction of sp³-hybridized carbons (Fsp3) is 0.120. The third kappa shape index (κ3) is 3.97. The van der Waals surface area contributed by atoms with Crippen molar-refractivity contribution in [3.63, 3.8) is 0 Å². The van der Waals surface area contributed by atoms with Crippen molar-refractivity contribution >= 4 is 28.7 Å². The van der Waals surface area contributed by atoms with E-state index in [2.05, 4.69) is 10.3 Å². The average Bonchev–Trinajstić information content (AvgIpc) is 3.49. The second kappa shape index (κ2) is 8.95. The Morgan fingerprint density at radius 2 is 1.82 bits per heavy atom. The van der Waals surface area contributed by atoms with E-state index in [0.717, 1.165) is 22.7 Å². The van der Waals surface area contributed by atoms with Crippen LogP contribution in [0.15, 0.2) is 89.5 Å². The first kappa shape index (κ1) is 21.6. The monoisotopic (exact) mass is 472 g/mol. The molecule has 8 nitrogen and oxygen atoms in total. The van der Waals surface area contributed by atoms with Crippen LogP contribution >= 0.6 is 12.2 Å². The zero-order chi connectivity index (χ0) is 23.7. The number of anilines is 1. The molecule has 1 aliphatic rings. The van der Waals surface area contributed by atoms with Crippen molar-refractivity contribution < 1.29 is 14.1 Å². The SMILES string of the molecule is COc1ccc(N2C(=S)N[C@@H](c3ccccn3)[C@@H]2c2ccc(-c3ccc([N+](=O)[O-])cc3)o2)cc1. The molecule has 9 heteroatoms. The summed E-state index contributed by atoms with van der Waals surface area (Å²) < 4.78 is 11.6. The summed E-state index contributed by atoms with van der Waals surface area (Å²) in [7, 11) is 1.62.